The van der Waals surface area contributed by atoms with Crippen LogP contribution in [0.3, 0.4) is 0 Å². The van der Waals surface area contributed by atoms with Crippen LogP contribution >= 0.6 is 15.9 Å². The van der Waals surface area contributed by atoms with Crippen molar-refractivity contribution < 1.29 is 18.3 Å². The number of benzene rings is 1. The van der Waals surface area contributed by atoms with Crippen LogP contribution in [0.25, 0.3) is 0 Å². The lowest BCUT2D eigenvalue weighted by Gasteiger charge is -2.17. The molecule has 0 aromatic heterocycles. The van der Waals surface area contributed by atoms with E-state index in [4.69, 9.17) is 5.26 Å². The molecule has 1 rings (SSSR count). The normalized spacial score (nSPS) is 10.8. The van der Waals surface area contributed by atoms with Gasteiger partial charge in [0.2, 0.25) is 0 Å². The Morgan fingerprint density at radius 1 is 1.59 bits per heavy atom. The van der Waals surface area contributed by atoms with E-state index in [1.807, 2.05) is 0 Å². The maximum atomic E-state index is 13.8. The number of nitrogens with zero attached hydrogens (tertiary/aromatic N) is 1. The zero-order valence-corrected chi connectivity index (χ0v) is 10.4. The molecule has 90 valence electrons. The minimum atomic E-state index is -3.85. The molecule has 0 aliphatic heterocycles. The highest BCUT2D eigenvalue weighted by Gasteiger charge is 2.46. The Morgan fingerprint density at radius 2 is 2.24 bits per heavy atom. The Bertz CT molecular complexity index is 483. The molecule has 0 spiro atoms. The third kappa shape index (κ3) is 2.61. The molecule has 1 aromatic rings. The van der Waals surface area contributed by atoms with Gasteiger partial charge in [-0.15, -0.1) is 0 Å². The number of ether oxygens (including phenoxy) is 1. The molecule has 0 atom stereocenters. The molecule has 0 heterocycles. The average Bonchev–Trinajstić information content (AvgIpc) is 2.28. The number of halogens is 3. The van der Waals surface area contributed by atoms with Gasteiger partial charge in [-0.3, -0.25) is 0 Å². The number of esters is 1. The van der Waals surface area contributed by atoms with Crippen LogP contribution in [-0.2, 0) is 15.5 Å². The van der Waals surface area contributed by atoms with Gasteiger partial charge >= 0.3 is 11.9 Å². The molecule has 0 aliphatic rings. The molecule has 1 aromatic carbocycles. The first-order chi connectivity index (χ1) is 7.95. The summed E-state index contributed by atoms with van der Waals surface area (Å²) in [7, 11) is 0. The van der Waals surface area contributed by atoms with E-state index in [0.717, 1.165) is 0 Å². The molecule has 0 bridgehead atoms. The second kappa shape index (κ2) is 5.23. The van der Waals surface area contributed by atoms with Crippen LogP contribution in [0, 0.1) is 11.3 Å². The summed E-state index contributed by atoms with van der Waals surface area (Å²) < 4.78 is 31.9. The first-order valence-corrected chi connectivity index (χ1v) is 5.48. The lowest BCUT2D eigenvalue weighted by Crippen LogP contribution is -2.29. The molecule has 6 heteroatoms. The minimum absolute atomic E-state index is 0.00500. The predicted molar refractivity (Wildman–Crippen MR) is 59.4 cm³/mol. The fraction of sp³-hybridized carbons (Fsp3) is 0.273. The smallest absolute Gasteiger partial charge is 0.382 e. The van der Waals surface area contributed by atoms with Crippen LogP contribution in [0.5, 0.6) is 0 Å². The largest absolute Gasteiger partial charge is 0.461 e. The molecular weight excluding hydrogens is 296 g/mol. The van der Waals surface area contributed by atoms with E-state index >= 15 is 0 Å². The first kappa shape index (κ1) is 13.6. The second-order valence-electron chi connectivity index (χ2n) is 3.07. The minimum Gasteiger partial charge on any atom is -0.461 e. The number of hydrogen-bond acceptors (Lipinski definition) is 3. The van der Waals surface area contributed by atoms with Gasteiger partial charge in [-0.1, -0.05) is 22.0 Å². The summed E-state index contributed by atoms with van der Waals surface area (Å²) in [6.07, 6.45) is 0. The summed E-state index contributed by atoms with van der Waals surface area (Å²) in [4.78, 5) is 11.2. The average molecular weight is 304 g/mol. The predicted octanol–water partition coefficient (Wildman–Crippen LogP) is 2.98. The van der Waals surface area contributed by atoms with Crippen molar-refractivity contribution in [1.82, 2.24) is 0 Å². The quantitative estimate of drug-likeness (QED) is 0.807. The van der Waals surface area contributed by atoms with E-state index in [1.54, 1.807) is 6.07 Å². The maximum absolute atomic E-state index is 13.8. The molecule has 0 saturated heterocycles. The van der Waals surface area contributed by atoms with Crippen LogP contribution in [0.4, 0.5) is 8.78 Å². The fourth-order valence-electron chi connectivity index (χ4n) is 1.26. The number of rotatable bonds is 3. The van der Waals surface area contributed by atoms with Crippen LogP contribution in [-0.4, -0.2) is 12.6 Å². The molecule has 0 saturated carbocycles. The second-order valence-corrected chi connectivity index (χ2v) is 3.92. The number of carbonyl (C=O) groups is 1. The van der Waals surface area contributed by atoms with Gasteiger partial charge < -0.3 is 4.74 Å². The van der Waals surface area contributed by atoms with Crippen molar-refractivity contribution in [3.63, 3.8) is 0 Å². The molecular formula is C11H8BrF2NO2. The molecule has 0 aliphatic carbocycles. The highest BCUT2D eigenvalue weighted by atomic mass is 79.9. The zero-order chi connectivity index (χ0) is 13.1. The van der Waals surface area contributed by atoms with Gasteiger partial charge in [0, 0.05) is 4.47 Å². The molecule has 0 amide bonds. The van der Waals surface area contributed by atoms with Gasteiger partial charge in [0.25, 0.3) is 0 Å². The lowest BCUT2D eigenvalue weighted by molar-refractivity contribution is -0.173. The van der Waals surface area contributed by atoms with Gasteiger partial charge in [-0.25, -0.2) is 4.79 Å². The maximum Gasteiger partial charge on any atom is 0.382 e. The van der Waals surface area contributed by atoms with Crippen LogP contribution < -0.4 is 0 Å². The van der Waals surface area contributed by atoms with Gasteiger partial charge in [0.1, 0.15) is 0 Å². The standard InChI is InChI=1S/C11H8BrF2NO2/c1-2-17-10(16)11(13,14)9-7(6-15)4-3-5-8(9)12/h3-5H,2H2,1H3. The molecule has 0 N–H and O–H groups in total. The van der Waals surface area contributed by atoms with Crippen LogP contribution in [0.15, 0.2) is 22.7 Å². The van der Waals surface area contributed by atoms with E-state index < -0.39 is 17.5 Å². The topological polar surface area (TPSA) is 50.1 Å². The fourth-order valence-corrected chi connectivity index (χ4v) is 1.88. The molecule has 0 radical (unpaired) electrons. The van der Waals surface area contributed by atoms with E-state index in [2.05, 4.69) is 20.7 Å². The highest BCUT2D eigenvalue weighted by molar-refractivity contribution is 9.10. The lowest BCUT2D eigenvalue weighted by atomic mass is 10.0. The number of alkyl halides is 2. The Labute approximate surface area is 105 Å². The molecule has 3 nitrogen and oxygen atoms in total. The summed E-state index contributed by atoms with van der Waals surface area (Å²) in [5.74, 6) is -5.51. The van der Waals surface area contributed by atoms with Crippen molar-refractivity contribution in [3.8, 4) is 6.07 Å². The third-order valence-corrected chi connectivity index (χ3v) is 2.64. The monoisotopic (exact) mass is 303 g/mol. The molecule has 0 unspecified atom stereocenters. The van der Waals surface area contributed by atoms with Crippen molar-refractivity contribution >= 4 is 21.9 Å². The van der Waals surface area contributed by atoms with Crippen molar-refractivity contribution in [2.24, 2.45) is 0 Å². The van der Waals surface area contributed by atoms with Gasteiger partial charge in [0.15, 0.2) is 0 Å². The number of nitriles is 1. The number of hydrogen-bond donors (Lipinski definition) is 0. The summed E-state index contributed by atoms with van der Waals surface area (Å²) in [5, 5.41) is 8.76. The highest BCUT2D eigenvalue weighted by Crippen LogP contribution is 2.37. The van der Waals surface area contributed by atoms with Crippen LogP contribution in [0.2, 0.25) is 0 Å². The van der Waals surface area contributed by atoms with E-state index in [1.165, 1.54) is 25.1 Å². The third-order valence-electron chi connectivity index (χ3n) is 1.98. The summed E-state index contributed by atoms with van der Waals surface area (Å²) in [5.41, 5.74) is -0.932. The Balaban J connectivity index is 3.33. The summed E-state index contributed by atoms with van der Waals surface area (Å²) in [6.45, 7) is 1.28. The van der Waals surface area contributed by atoms with Gasteiger partial charge in [-0.05, 0) is 19.1 Å². The number of carbonyl (C=O) groups excluding carboxylic acids is 1. The van der Waals surface area contributed by atoms with Gasteiger partial charge in [-0.2, -0.15) is 14.0 Å². The van der Waals surface area contributed by atoms with E-state index in [9.17, 15) is 13.6 Å². The van der Waals surface area contributed by atoms with Crippen molar-refractivity contribution in [2.75, 3.05) is 6.61 Å². The van der Waals surface area contributed by atoms with E-state index in [0.29, 0.717) is 0 Å². The van der Waals surface area contributed by atoms with Crippen molar-refractivity contribution in [1.29, 1.82) is 5.26 Å². The van der Waals surface area contributed by atoms with Crippen molar-refractivity contribution in [3.05, 3.63) is 33.8 Å². The summed E-state index contributed by atoms with van der Waals surface area (Å²) in [6, 6.07) is 5.61. The first-order valence-electron chi connectivity index (χ1n) is 4.69. The molecule has 0 fully saturated rings. The van der Waals surface area contributed by atoms with E-state index in [-0.39, 0.29) is 16.6 Å². The SMILES string of the molecule is CCOC(=O)C(F)(F)c1c(Br)cccc1C#N. The Hall–Kier alpha value is -1.48. The van der Waals surface area contributed by atoms with Crippen LogP contribution in [0.1, 0.15) is 18.1 Å². The molecule has 17 heavy (non-hydrogen) atoms. The Morgan fingerprint density at radius 3 is 2.76 bits per heavy atom. The van der Waals surface area contributed by atoms with Gasteiger partial charge in [0.05, 0.1) is 23.8 Å². The summed E-state index contributed by atoms with van der Waals surface area (Å²) >= 11 is 2.90. The zero-order valence-electron chi connectivity index (χ0n) is 8.84. The Kier molecular flexibility index (Phi) is 4.18. The van der Waals surface area contributed by atoms with Crippen molar-refractivity contribution in [2.45, 2.75) is 12.8 Å².